The second-order valence-corrected chi connectivity index (χ2v) is 0. The fourth-order valence-electron chi connectivity index (χ4n) is 0. The van der Waals surface area contributed by atoms with Crippen LogP contribution in [-0.4, -0.2) is 22.8 Å². The molecule has 0 saturated heterocycles. The van der Waals surface area contributed by atoms with E-state index in [9.17, 15) is 0 Å². The summed E-state index contributed by atoms with van der Waals surface area (Å²) in [4.78, 5) is 0. The molecule has 0 spiro atoms. The molecular weight excluding hydrogens is 241 g/mol. The third-order valence-electron chi connectivity index (χ3n) is 0. The summed E-state index contributed by atoms with van der Waals surface area (Å²) in [5, 5.41) is 0. The van der Waals surface area contributed by atoms with Gasteiger partial charge in [-0.1, -0.05) is 0 Å². The Bertz CT molecular complexity index is 10.8. The minimum atomic E-state index is 0. The average molecular weight is 249 g/mol. The Morgan fingerprint density at radius 2 is 0.667 bits per heavy atom. The Kier molecular flexibility index (Phi) is 802. The van der Waals surface area contributed by atoms with E-state index in [1.807, 2.05) is 0 Å². The summed E-state index contributed by atoms with van der Waals surface area (Å²) in [5.74, 6) is 0. The van der Waals surface area contributed by atoms with Crippen LogP contribution in [0.3, 0.4) is 0 Å². The minimum absolute atomic E-state index is 0. The van der Waals surface area contributed by atoms with Crippen LogP contribution in [-0.2, 0) is 26.2 Å². The summed E-state index contributed by atoms with van der Waals surface area (Å²) in [6.07, 6.45) is 0. The maximum absolute atomic E-state index is 0. The van der Waals surface area contributed by atoms with Gasteiger partial charge >= 0.3 is 0 Å². The standard InChI is InChI=1S/Al.3ClH.H2O.Zr.3H/h;3*1H;1H2;;;;. The molecule has 0 aliphatic carbocycles. The van der Waals surface area contributed by atoms with E-state index in [0.717, 1.165) is 0 Å². The number of hydrogen-bond acceptors (Lipinski definition) is 0. The summed E-state index contributed by atoms with van der Waals surface area (Å²) in [6, 6.07) is 0. The SMILES string of the molecule is Cl.Cl.Cl.O.[AlH3].[Zr]. The molecule has 0 unspecified atom stereocenters. The van der Waals surface area contributed by atoms with Crippen LogP contribution in [0.5, 0.6) is 0 Å². The molecule has 0 aromatic heterocycles. The number of rotatable bonds is 0. The molecule has 0 aromatic rings. The Morgan fingerprint density at radius 3 is 0.667 bits per heavy atom. The predicted octanol–water partition coefficient (Wildman–Crippen LogP) is -0.746. The molecule has 6 heavy (non-hydrogen) atoms. The van der Waals surface area contributed by atoms with Crippen molar-refractivity contribution in [2.24, 2.45) is 0 Å². The summed E-state index contributed by atoms with van der Waals surface area (Å²) >= 11 is 0. The first kappa shape index (κ1) is 85.8. The van der Waals surface area contributed by atoms with Crippen molar-refractivity contribution < 1.29 is 31.7 Å². The van der Waals surface area contributed by atoms with Crippen LogP contribution in [0.15, 0.2) is 0 Å². The molecule has 0 bridgehead atoms. The molecule has 6 heteroatoms. The molecule has 0 rings (SSSR count). The van der Waals surface area contributed by atoms with Gasteiger partial charge in [-0.25, -0.2) is 0 Å². The van der Waals surface area contributed by atoms with Gasteiger partial charge in [0.05, 0.1) is 0 Å². The molecule has 42 valence electrons. The quantitative estimate of drug-likeness (QED) is 0.506. The van der Waals surface area contributed by atoms with E-state index in [1.54, 1.807) is 0 Å². The first-order valence-electron chi connectivity index (χ1n) is 0. The van der Waals surface area contributed by atoms with Crippen molar-refractivity contribution in [2.45, 2.75) is 0 Å². The predicted molar refractivity (Wildman–Crippen MR) is 35.3 cm³/mol. The molecule has 0 heterocycles. The largest absolute Gasteiger partial charge is 0.412 e. The van der Waals surface area contributed by atoms with E-state index in [-0.39, 0.29) is 86.3 Å². The molecule has 0 aliphatic rings. The van der Waals surface area contributed by atoms with E-state index in [4.69, 9.17) is 0 Å². The van der Waals surface area contributed by atoms with Crippen LogP contribution in [0.4, 0.5) is 0 Å². The van der Waals surface area contributed by atoms with Crippen molar-refractivity contribution in [3.8, 4) is 0 Å². The maximum Gasteiger partial charge on any atom is 0.187 e. The topological polar surface area (TPSA) is 31.5 Å². The zero-order valence-electron chi connectivity index (χ0n) is 2.22. The van der Waals surface area contributed by atoms with E-state index in [1.165, 1.54) is 0 Å². The third-order valence-corrected chi connectivity index (χ3v) is 0. The van der Waals surface area contributed by atoms with E-state index in [0.29, 0.717) is 0 Å². The van der Waals surface area contributed by atoms with Crippen LogP contribution in [0, 0.1) is 0 Å². The monoisotopic (exact) mass is 246 g/mol. The molecule has 0 saturated carbocycles. The van der Waals surface area contributed by atoms with Gasteiger partial charge in [0.25, 0.3) is 0 Å². The molecule has 0 fully saturated rings. The zero-order chi connectivity index (χ0) is 0. The van der Waals surface area contributed by atoms with Gasteiger partial charge in [-0.15, -0.1) is 37.2 Å². The Labute approximate surface area is 85.4 Å². The van der Waals surface area contributed by atoms with Crippen LogP contribution < -0.4 is 0 Å². The molecule has 0 radical (unpaired) electrons. The van der Waals surface area contributed by atoms with Crippen molar-refractivity contribution in [3.63, 3.8) is 0 Å². The van der Waals surface area contributed by atoms with Gasteiger partial charge < -0.3 is 5.48 Å². The van der Waals surface area contributed by atoms with Crippen LogP contribution in [0.2, 0.25) is 0 Å². The minimum Gasteiger partial charge on any atom is -0.412 e. The van der Waals surface area contributed by atoms with Crippen molar-refractivity contribution >= 4 is 54.6 Å². The fraction of sp³-hybridized carbons (Fsp3) is 0. The normalized spacial score (nSPS) is 0. The molecule has 2 N–H and O–H groups in total. The second-order valence-electron chi connectivity index (χ2n) is 0. The van der Waals surface area contributed by atoms with Gasteiger partial charge in [-0.05, 0) is 0 Å². The van der Waals surface area contributed by atoms with E-state index in [2.05, 4.69) is 0 Å². The van der Waals surface area contributed by atoms with Crippen molar-refractivity contribution in [3.05, 3.63) is 0 Å². The summed E-state index contributed by atoms with van der Waals surface area (Å²) < 4.78 is 0. The van der Waals surface area contributed by atoms with Gasteiger partial charge in [0.2, 0.25) is 0 Å². The first-order chi connectivity index (χ1) is 0. The summed E-state index contributed by atoms with van der Waals surface area (Å²) in [5.41, 5.74) is 0. The van der Waals surface area contributed by atoms with Gasteiger partial charge in [0.15, 0.2) is 17.4 Å². The molecular formula is H8AlCl3OZr. The van der Waals surface area contributed by atoms with Gasteiger partial charge in [-0.2, -0.15) is 0 Å². The summed E-state index contributed by atoms with van der Waals surface area (Å²) in [7, 11) is 0. The molecule has 0 aromatic carbocycles. The van der Waals surface area contributed by atoms with Crippen LogP contribution in [0.25, 0.3) is 0 Å². The number of hydrogen-bond donors (Lipinski definition) is 0. The molecule has 1 nitrogen and oxygen atoms in total. The molecule has 0 amide bonds. The van der Waals surface area contributed by atoms with Gasteiger partial charge in [0, 0.05) is 26.2 Å². The van der Waals surface area contributed by atoms with Gasteiger partial charge in [-0.3, -0.25) is 0 Å². The third kappa shape index (κ3) is 34.1. The summed E-state index contributed by atoms with van der Waals surface area (Å²) in [6.45, 7) is 0. The Morgan fingerprint density at radius 1 is 0.667 bits per heavy atom. The smallest absolute Gasteiger partial charge is 0.187 e. The van der Waals surface area contributed by atoms with Crippen LogP contribution in [0.1, 0.15) is 0 Å². The van der Waals surface area contributed by atoms with E-state index < -0.39 is 0 Å². The first-order valence-corrected chi connectivity index (χ1v) is 0. The average Bonchev–Trinajstić information content (AvgIpc) is 0. The maximum atomic E-state index is 0. The van der Waals surface area contributed by atoms with Crippen LogP contribution >= 0.6 is 37.2 Å². The number of halogens is 3. The zero-order valence-corrected chi connectivity index (χ0v) is 7.13. The van der Waals surface area contributed by atoms with Gasteiger partial charge in [0.1, 0.15) is 0 Å². The van der Waals surface area contributed by atoms with Crippen molar-refractivity contribution in [2.75, 3.05) is 0 Å². The van der Waals surface area contributed by atoms with E-state index >= 15 is 0 Å². The van der Waals surface area contributed by atoms with Crippen molar-refractivity contribution in [1.82, 2.24) is 0 Å². The Hall–Kier alpha value is 2.25. The second kappa shape index (κ2) is 56.0. The van der Waals surface area contributed by atoms with Crippen molar-refractivity contribution in [1.29, 1.82) is 0 Å². The molecule has 0 atom stereocenters. The fourth-order valence-corrected chi connectivity index (χ4v) is 0. The Balaban J connectivity index is 0. The molecule has 0 aliphatic heterocycles.